The largest absolute Gasteiger partial charge is 0.383 e. The minimum atomic E-state index is 0.356. The van der Waals surface area contributed by atoms with E-state index in [0.717, 1.165) is 24.2 Å². The highest BCUT2D eigenvalue weighted by Gasteiger charge is 2.22. The van der Waals surface area contributed by atoms with E-state index < -0.39 is 0 Å². The van der Waals surface area contributed by atoms with E-state index in [1.807, 2.05) is 11.3 Å². The number of fused-ring (bicyclic) bond motifs is 1. The third-order valence-corrected chi connectivity index (χ3v) is 4.69. The van der Waals surface area contributed by atoms with Crippen LogP contribution in [0.4, 0.5) is 11.6 Å². The molecule has 0 aromatic carbocycles. The van der Waals surface area contributed by atoms with Gasteiger partial charge in [0.15, 0.2) is 0 Å². The molecule has 0 bridgehead atoms. The Hall–Kier alpha value is -1.62. The summed E-state index contributed by atoms with van der Waals surface area (Å²) in [5, 5.41) is 5.74. The van der Waals surface area contributed by atoms with Crippen molar-refractivity contribution in [2.45, 2.75) is 38.6 Å². The summed E-state index contributed by atoms with van der Waals surface area (Å²) in [4.78, 5) is 9.93. The lowest BCUT2D eigenvalue weighted by atomic mass is 9.94. The molecule has 0 amide bonds. The van der Waals surface area contributed by atoms with Gasteiger partial charge in [0.2, 0.25) is 0 Å². The Bertz CT molecular complexity index is 579. The predicted molar refractivity (Wildman–Crippen MR) is 79.4 cm³/mol. The van der Waals surface area contributed by atoms with Gasteiger partial charge in [0.05, 0.1) is 6.04 Å². The van der Waals surface area contributed by atoms with Crippen molar-refractivity contribution in [2.24, 2.45) is 0 Å². The number of aryl methyl sites for hydroxylation is 1. The number of hydrogen-bond donors (Lipinski definition) is 2. The van der Waals surface area contributed by atoms with Crippen molar-refractivity contribution in [3.63, 3.8) is 0 Å². The van der Waals surface area contributed by atoms with E-state index in [-0.39, 0.29) is 0 Å². The molecule has 0 aliphatic heterocycles. The van der Waals surface area contributed by atoms with Gasteiger partial charge >= 0.3 is 0 Å². The number of aromatic nitrogens is 2. The maximum Gasteiger partial charge on any atom is 0.135 e. The number of nitrogens with zero attached hydrogens (tertiary/aromatic N) is 2. The molecule has 0 saturated heterocycles. The number of rotatable bonds is 3. The second-order valence-corrected chi connectivity index (χ2v) is 5.83. The van der Waals surface area contributed by atoms with Crippen molar-refractivity contribution in [1.29, 1.82) is 0 Å². The smallest absolute Gasteiger partial charge is 0.135 e. The van der Waals surface area contributed by atoms with E-state index in [4.69, 9.17) is 5.73 Å². The Labute approximate surface area is 117 Å². The molecule has 0 saturated carbocycles. The van der Waals surface area contributed by atoms with Crippen LogP contribution in [0.3, 0.4) is 0 Å². The molecule has 3 rings (SSSR count). The summed E-state index contributed by atoms with van der Waals surface area (Å²) in [5.74, 6) is 1.47. The molecule has 4 nitrogen and oxygen atoms in total. The lowest BCUT2D eigenvalue weighted by Crippen LogP contribution is -2.18. The molecular formula is C14H18N4S. The number of nitrogens with two attached hydrogens (primary N) is 1. The number of hydrogen-bond acceptors (Lipinski definition) is 5. The van der Waals surface area contributed by atoms with Crippen molar-refractivity contribution in [2.75, 3.05) is 11.1 Å². The summed E-state index contributed by atoms with van der Waals surface area (Å²) in [7, 11) is 0. The standard InChI is InChI=1S/C14H18N4S/c1-2-9-13(15)16-8-17-14(9)18-11-4-3-5-12-10(11)6-7-19-12/h6-8,11H,2-5H2,1H3,(H3,15,16,17,18). The molecule has 0 radical (unpaired) electrons. The zero-order chi connectivity index (χ0) is 13.2. The molecule has 3 N–H and O–H groups in total. The second-order valence-electron chi connectivity index (χ2n) is 4.83. The lowest BCUT2D eigenvalue weighted by Gasteiger charge is -2.25. The van der Waals surface area contributed by atoms with E-state index >= 15 is 0 Å². The van der Waals surface area contributed by atoms with Crippen molar-refractivity contribution in [3.05, 3.63) is 33.8 Å². The SMILES string of the molecule is CCc1c(N)ncnc1NC1CCCc2sccc21. The summed E-state index contributed by atoms with van der Waals surface area (Å²) < 4.78 is 0. The highest BCUT2D eigenvalue weighted by atomic mass is 32.1. The van der Waals surface area contributed by atoms with E-state index in [0.29, 0.717) is 11.9 Å². The third kappa shape index (κ3) is 2.30. The van der Waals surface area contributed by atoms with Gasteiger partial charge in [0.25, 0.3) is 0 Å². The molecule has 2 aromatic rings. The summed E-state index contributed by atoms with van der Waals surface area (Å²) >= 11 is 1.86. The lowest BCUT2D eigenvalue weighted by molar-refractivity contribution is 0.606. The van der Waals surface area contributed by atoms with Crippen LogP contribution < -0.4 is 11.1 Å². The average molecular weight is 274 g/mol. The van der Waals surface area contributed by atoms with Gasteiger partial charge in [0, 0.05) is 10.4 Å². The van der Waals surface area contributed by atoms with Gasteiger partial charge in [-0.15, -0.1) is 11.3 Å². The first-order valence-electron chi connectivity index (χ1n) is 6.71. The molecule has 1 aliphatic carbocycles. The fourth-order valence-electron chi connectivity index (χ4n) is 2.70. The second kappa shape index (κ2) is 5.17. The van der Waals surface area contributed by atoms with Gasteiger partial charge in [0.1, 0.15) is 18.0 Å². The van der Waals surface area contributed by atoms with Crippen LogP contribution in [-0.4, -0.2) is 9.97 Å². The zero-order valence-electron chi connectivity index (χ0n) is 11.0. The molecule has 1 atom stereocenters. The Morgan fingerprint density at radius 1 is 1.47 bits per heavy atom. The minimum absolute atomic E-state index is 0.356. The molecule has 0 spiro atoms. The zero-order valence-corrected chi connectivity index (χ0v) is 11.8. The van der Waals surface area contributed by atoms with Crippen molar-refractivity contribution in [3.8, 4) is 0 Å². The molecule has 19 heavy (non-hydrogen) atoms. The van der Waals surface area contributed by atoms with Gasteiger partial charge in [-0.3, -0.25) is 0 Å². The highest BCUT2D eigenvalue weighted by molar-refractivity contribution is 7.10. The monoisotopic (exact) mass is 274 g/mol. The van der Waals surface area contributed by atoms with Gasteiger partial charge in [-0.05, 0) is 42.7 Å². The third-order valence-electron chi connectivity index (χ3n) is 3.70. The van der Waals surface area contributed by atoms with Crippen LogP contribution in [0.5, 0.6) is 0 Å². The van der Waals surface area contributed by atoms with E-state index in [1.165, 1.54) is 29.6 Å². The van der Waals surface area contributed by atoms with Crippen LogP contribution in [0.1, 0.15) is 41.8 Å². The fraction of sp³-hybridized carbons (Fsp3) is 0.429. The maximum absolute atomic E-state index is 5.92. The Balaban J connectivity index is 1.89. The van der Waals surface area contributed by atoms with Crippen LogP contribution in [0, 0.1) is 0 Å². The molecule has 1 aliphatic rings. The van der Waals surface area contributed by atoms with E-state index in [1.54, 1.807) is 0 Å². The van der Waals surface area contributed by atoms with Crippen LogP contribution >= 0.6 is 11.3 Å². The van der Waals surface area contributed by atoms with Crippen molar-refractivity contribution < 1.29 is 0 Å². The Morgan fingerprint density at radius 3 is 3.21 bits per heavy atom. The van der Waals surface area contributed by atoms with Crippen LogP contribution in [0.25, 0.3) is 0 Å². The number of nitrogen functional groups attached to an aromatic ring is 1. The van der Waals surface area contributed by atoms with Crippen LogP contribution in [0.15, 0.2) is 17.8 Å². The topological polar surface area (TPSA) is 63.8 Å². The first-order valence-corrected chi connectivity index (χ1v) is 7.59. The van der Waals surface area contributed by atoms with Gasteiger partial charge in [-0.25, -0.2) is 9.97 Å². The number of nitrogens with one attached hydrogen (secondary N) is 1. The molecule has 2 heterocycles. The fourth-order valence-corrected chi connectivity index (χ4v) is 3.69. The van der Waals surface area contributed by atoms with E-state index in [2.05, 4.69) is 33.7 Å². The first-order chi connectivity index (χ1) is 9.29. The highest BCUT2D eigenvalue weighted by Crippen LogP contribution is 2.36. The number of anilines is 2. The Morgan fingerprint density at radius 2 is 2.37 bits per heavy atom. The minimum Gasteiger partial charge on any atom is -0.383 e. The summed E-state index contributed by atoms with van der Waals surface area (Å²) in [5.41, 5.74) is 8.37. The molecule has 5 heteroatoms. The average Bonchev–Trinajstić information content (AvgIpc) is 2.88. The quantitative estimate of drug-likeness (QED) is 0.902. The van der Waals surface area contributed by atoms with E-state index in [9.17, 15) is 0 Å². The molecule has 100 valence electrons. The molecule has 0 fully saturated rings. The van der Waals surface area contributed by atoms with Crippen molar-refractivity contribution >= 4 is 23.0 Å². The molecule has 2 aromatic heterocycles. The summed E-state index contributed by atoms with van der Waals surface area (Å²) in [6.07, 6.45) is 5.97. The molecule has 1 unspecified atom stereocenters. The van der Waals surface area contributed by atoms with Gasteiger partial charge < -0.3 is 11.1 Å². The first kappa shape index (κ1) is 12.4. The predicted octanol–water partition coefficient (Wildman–Crippen LogP) is 3.17. The van der Waals surface area contributed by atoms with Gasteiger partial charge in [-0.2, -0.15) is 0 Å². The molecular weight excluding hydrogens is 256 g/mol. The van der Waals surface area contributed by atoms with Gasteiger partial charge in [-0.1, -0.05) is 6.92 Å². The summed E-state index contributed by atoms with van der Waals surface area (Å²) in [6, 6.07) is 2.59. The van der Waals surface area contributed by atoms with Crippen LogP contribution in [-0.2, 0) is 12.8 Å². The van der Waals surface area contributed by atoms with Crippen molar-refractivity contribution in [1.82, 2.24) is 9.97 Å². The Kier molecular flexibility index (Phi) is 3.38. The normalized spacial score (nSPS) is 18.1. The number of thiophene rings is 1. The van der Waals surface area contributed by atoms with Crippen LogP contribution in [0.2, 0.25) is 0 Å². The summed E-state index contributed by atoms with van der Waals surface area (Å²) in [6.45, 7) is 2.08. The maximum atomic E-state index is 5.92.